The van der Waals surface area contributed by atoms with Crippen LogP contribution in [0.5, 0.6) is 0 Å². The van der Waals surface area contributed by atoms with E-state index in [0.29, 0.717) is 12.2 Å². The molecule has 0 saturated heterocycles. The van der Waals surface area contributed by atoms with Crippen molar-refractivity contribution in [1.29, 1.82) is 0 Å². The minimum Gasteiger partial charge on any atom is -0.457 e. The Hall–Kier alpha value is -2.09. The Morgan fingerprint density at radius 2 is 1.63 bits per heavy atom. The molecule has 0 radical (unpaired) electrons. The van der Waals surface area contributed by atoms with Crippen molar-refractivity contribution in [2.24, 2.45) is 0 Å². The lowest BCUT2D eigenvalue weighted by Gasteiger charge is -2.07. The summed E-state index contributed by atoms with van der Waals surface area (Å²) in [4.78, 5) is 11.9. The van der Waals surface area contributed by atoms with Gasteiger partial charge >= 0.3 is 5.97 Å². The van der Waals surface area contributed by atoms with Gasteiger partial charge in [0.25, 0.3) is 0 Å². The molecule has 2 aromatic carbocycles. The Morgan fingerprint density at radius 1 is 0.947 bits per heavy atom. The van der Waals surface area contributed by atoms with Crippen molar-refractivity contribution in [1.82, 2.24) is 0 Å². The highest BCUT2D eigenvalue weighted by molar-refractivity contribution is 5.89. The SMILES string of the molecule is Cc1cc(C)cc(COC(=O)c2cccc(C)c2)c1. The molecule has 2 nitrogen and oxygen atoms in total. The zero-order valence-corrected chi connectivity index (χ0v) is 11.6. The number of hydrogen-bond donors (Lipinski definition) is 0. The molecule has 2 rings (SSSR count). The summed E-state index contributed by atoms with van der Waals surface area (Å²) in [5.41, 5.74) is 5.05. The zero-order chi connectivity index (χ0) is 13.8. The van der Waals surface area contributed by atoms with Crippen LogP contribution in [0.2, 0.25) is 0 Å². The first-order valence-electron chi connectivity index (χ1n) is 6.35. The fourth-order valence-electron chi connectivity index (χ4n) is 2.16. The first-order chi connectivity index (χ1) is 9.04. The molecule has 0 saturated carbocycles. The maximum atomic E-state index is 11.9. The van der Waals surface area contributed by atoms with E-state index in [1.165, 1.54) is 11.1 Å². The largest absolute Gasteiger partial charge is 0.457 e. The number of aryl methyl sites for hydroxylation is 3. The minimum absolute atomic E-state index is 0.275. The molecule has 0 spiro atoms. The molecular formula is C17H18O2. The summed E-state index contributed by atoms with van der Waals surface area (Å²) in [5.74, 6) is -0.275. The van der Waals surface area contributed by atoms with E-state index >= 15 is 0 Å². The van der Waals surface area contributed by atoms with Crippen LogP contribution in [0.25, 0.3) is 0 Å². The van der Waals surface area contributed by atoms with Crippen molar-refractivity contribution in [2.45, 2.75) is 27.4 Å². The third-order valence-electron chi connectivity index (χ3n) is 2.91. The van der Waals surface area contributed by atoms with Crippen molar-refractivity contribution in [2.75, 3.05) is 0 Å². The predicted molar refractivity (Wildman–Crippen MR) is 76.2 cm³/mol. The normalized spacial score (nSPS) is 10.3. The van der Waals surface area contributed by atoms with Gasteiger partial charge in [0.15, 0.2) is 0 Å². The quantitative estimate of drug-likeness (QED) is 0.775. The first kappa shape index (κ1) is 13.3. The summed E-state index contributed by atoms with van der Waals surface area (Å²) in [5, 5.41) is 0. The molecule has 0 unspecified atom stereocenters. The summed E-state index contributed by atoms with van der Waals surface area (Å²) < 4.78 is 5.34. The van der Waals surface area contributed by atoms with Gasteiger partial charge in [-0.3, -0.25) is 0 Å². The van der Waals surface area contributed by atoms with Crippen LogP contribution in [0.4, 0.5) is 0 Å². The molecule has 2 aromatic rings. The van der Waals surface area contributed by atoms with Crippen molar-refractivity contribution in [3.05, 3.63) is 70.3 Å². The molecule has 0 aromatic heterocycles. The molecule has 0 atom stereocenters. The molecule has 0 N–H and O–H groups in total. The van der Waals surface area contributed by atoms with Crippen LogP contribution in [0.1, 0.15) is 32.6 Å². The van der Waals surface area contributed by atoms with Gasteiger partial charge in [0.05, 0.1) is 5.56 Å². The van der Waals surface area contributed by atoms with E-state index in [1.54, 1.807) is 6.07 Å². The second-order valence-corrected chi connectivity index (χ2v) is 4.94. The van der Waals surface area contributed by atoms with E-state index in [1.807, 2.05) is 51.1 Å². The molecule has 0 fully saturated rings. The van der Waals surface area contributed by atoms with E-state index in [4.69, 9.17) is 4.74 Å². The van der Waals surface area contributed by atoms with Crippen molar-refractivity contribution in [3.8, 4) is 0 Å². The zero-order valence-electron chi connectivity index (χ0n) is 11.6. The van der Waals surface area contributed by atoms with Gasteiger partial charge in [-0.15, -0.1) is 0 Å². The lowest BCUT2D eigenvalue weighted by Crippen LogP contribution is -2.05. The van der Waals surface area contributed by atoms with Crippen LogP contribution in [-0.2, 0) is 11.3 Å². The number of carbonyl (C=O) groups is 1. The number of carbonyl (C=O) groups excluding carboxylic acids is 1. The summed E-state index contributed by atoms with van der Waals surface area (Å²) >= 11 is 0. The molecule has 0 bridgehead atoms. The van der Waals surface area contributed by atoms with Crippen molar-refractivity contribution < 1.29 is 9.53 Å². The standard InChI is InChI=1S/C17H18O2/c1-12-5-4-6-16(10-12)17(18)19-11-15-8-13(2)7-14(3)9-15/h4-10H,11H2,1-3H3. The van der Waals surface area contributed by atoms with E-state index in [0.717, 1.165) is 11.1 Å². The van der Waals surface area contributed by atoms with E-state index in [2.05, 4.69) is 6.07 Å². The number of benzene rings is 2. The topological polar surface area (TPSA) is 26.3 Å². The Labute approximate surface area is 114 Å². The molecule has 2 heteroatoms. The molecular weight excluding hydrogens is 236 g/mol. The lowest BCUT2D eigenvalue weighted by atomic mass is 10.1. The average molecular weight is 254 g/mol. The van der Waals surface area contributed by atoms with Crippen molar-refractivity contribution >= 4 is 5.97 Å². The average Bonchev–Trinajstić information content (AvgIpc) is 2.35. The smallest absolute Gasteiger partial charge is 0.338 e. The third kappa shape index (κ3) is 3.68. The maximum Gasteiger partial charge on any atom is 0.338 e. The summed E-state index contributed by atoms with van der Waals surface area (Å²) in [6.07, 6.45) is 0. The first-order valence-corrected chi connectivity index (χ1v) is 6.35. The summed E-state index contributed by atoms with van der Waals surface area (Å²) in [6, 6.07) is 13.6. The Bertz CT molecular complexity index is 580. The van der Waals surface area contributed by atoms with Gasteiger partial charge in [-0.25, -0.2) is 4.79 Å². The highest BCUT2D eigenvalue weighted by Crippen LogP contribution is 2.12. The van der Waals surface area contributed by atoms with E-state index < -0.39 is 0 Å². The summed E-state index contributed by atoms with van der Waals surface area (Å²) in [7, 11) is 0. The van der Waals surface area contributed by atoms with E-state index in [-0.39, 0.29) is 5.97 Å². The monoisotopic (exact) mass is 254 g/mol. The second-order valence-electron chi connectivity index (χ2n) is 4.94. The Morgan fingerprint density at radius 3 is 2.26 bits per heavy atom. The van der Waals surface area contributed by atoms with Gasteiger partial charge in [-0.2, -0.15) is 0 Å². The van der Waals surface area contributed by atoms with Crippen LogP contribution >= 0.6 is 0 Å². The van der Waals surface area contributed by atoms with Crippen molar-refractivity contribution in [3.63, 3.8) is 0 Å². The molecule has 0 amide bonds. The van der Waals surface area contributed by atoms with Gasteiger partial charge in [-0.1, -0.05) is 47.0 Å². The van der Waals surface area contributed by atoms with Crippen LogP contribution in [0, 0.1) is 20.8 Å². The number of rotatable bonds is 3. The Kier molecular flexibility index (Phi) is 4.00. The van der Waals surface area contributed by atoms with Crippen LogP contribution < -0.4 is 0 Å². The van der Waals surface area contributed by atoms with Gasteiger partial charge in [0.1, 0.15) is 6.61 Å². The van der Waals surface area contributed by atoms with Crippen LogP contribution in [0.3, 0.4) is 0 Å². The van der Waals surface area contributed by atoms with Gasteiger partial charge in [-0.05, 0) is 38.5 Å². The third-order valence-corrected chi connectivity index (χ3v) is 2.91. The molecule has 98 valence electrons. The highest BCUT2D eigenvalue weighted by atomic mass is 16.5. The highest BCUT2D eigenvalue weighted by Gasteiger charge is 2.07. The lowest BCUT2D eigenvalue weighted by molar-refractivity contribution is 0.0472. The van der Waals surface area contributed by atoms with E-state index in [9.17, 15) is 4.79 Å². The number of esters is 1. The summed E-state index contributed by atoms with van der Waals surface area (Å²) in [6.45, 7) is 6.35. The number of hydrogen-bond acceptors (Lipinski definition) is 2. The molecule has 19 heavy (non-hydrogen) atoms. The molecule has 0 aliphatic rings. The van der Waals surface area contributed by atoms with Crippen LogP contribution in [0.15, 0.2) is 42.5 Å². The fraction of sp³-hybridized carbons (Fsp3) is 0.235. The van der Waals surface area contributed by atoms with Gasteiger partial charge in [0, 0.05) is 0 Å². The second kappa shape index (κ2) is 5.70. The minimum atomic E-state index is -0.275. The maximum absolute atomic E-state index is 11.9. The van der Waals surface area contributed by atoms with Gasteiger partial charge < -0.3 is 4.74 Å². The molecule has 0 aliphatic carbocycles. The Balaban J connectivity index is 2.04. The fourth-order valence-corrected chi connectivity index (χ4v) is 2.16. The molecule has 0 aliphatic heterocycles. The molecule has 0 heterocycles. The number of ether oxygens (including phenoxy) is 1. The van der Waals surface area contributed by atoms with Gasteiger partial charge in [0.2, 0.25) is 0 Å². The van der Waals surface area contributed by atoms with Crippen LogP contribution in [-0.4, -0.2) is 5.97 Å². The predicted octanol–water partition coefficient (Wildman–Crippen LogP) is 3.97.